The Morgan fingerprint density at radius 1 is 1.35 bits per heavy atom. The predicted octanol–water partition coefficient (Wildman–Crippen LogP) is 1.45. The van der Waals surface area contributed by atoms with Crippen LogP contribution < -0.4 is 0 Å². The standard InChI is InChI=1S/C15H22N4O/c1-12(20)19(14-4-5-14)10-15-3-2-6-18(15)9-13-7-16-11-17-8-13/h7-8,11,14-15H,2-6,9-10H2,1H3/t15-/m0/s1. The molecule has 0 bridgehead atoms. The SMILES string of the molecule is CC(=O)N(C[C@@H]1CCCN1Cc1cncnc1)C1CC1. The van der Waals surface area contributed by atoms with E-state index in [1.165, 1.54) is 25.7 Å². The maximum absolute atomic E-state index is 11.8. The number of carbonyl (C=O) groups is 1. The summed E-state index contributed by atoms with van der Waals surface area (Å²) in [6, 6.07) is 0.995. The number of hydrogen-bond donors (Lipinski definition) is 0. The van der Waals surface area contributed by atoms with Gasteiger partial charge in [0.15, 0.2) is 0 Å². The van der Waals surface area contributed by atoms with E-state index in [2.05, 4.69) is 19.8 Å². The maximum Gasteiger partial charge on any atom is 0.219 e. The predicted molar refractivity (Wildman–Crippen MR) is 75.9 cm³/mol. The van der Waals surface area contributed by atoms with Crippen LogP contribution in [0.3, 0.4) is 0 Å². The van der Waals surface area contributed by atoms with E-state index in [0.717, 1.165) is 25.2 Å². The Bertz CT molecular complexity index is 460. The van der Waals surface area contributed by atoms with Gasteiger partial charge in [-0.15, -0.1) is 0 Å². The van der Waals surface area contributed by atoms with Crippen LogP contribution in [0.1, 0.15) is 38.2 Å². The largest absolute Gasteiger partial charge is 0.338 e. The monoisotopic (exact) mass is 274 g/mol. The van der Waals surface area contributed by atoms with Crippen LogP contribution in [0.15, 0.2) is 18.7 Å². The first-order chi connectivity index (χ1) is 9.74. The van der Waals surface area contributed by atoms with Crippen molar-refractivity contribution in [3.05, 3.63) is 24.3 Å². The van der Waals surface area contributed by atoms with Crippen molar-refractivity contribution in [3.63, 3.8) is 0 Å². The van der Waals surface area contributed by atoms with Crippen LogP contribution in [0, 0.1) is 0 Å². The lowest BCUT2D eigenvalue weighted by Gasteiger charge is -2.30. The molecular weight excluding hydrogens is 252 g/mol. The molecule has 2 heterocycles. The first kappa shape index (κ1) is 13.5. The summed E-state index contributed by atoms with van der Waals surface area (Å²) in [5.41, 5.74) is 1.15. The van der Waals surface area contributed by atoms with Crippen molar-refractivity contribution in [2.75, 3.05) is 13.1 Å². The lowest BCUT2D eigenvalue weighted by atomic mass is 10.2. The quantitative estimate of drug-likeness (QED) is 0.815. The molecule has 1 saturated heterocycles. The van der Waals surface area contributed by atoms with Gasteiger partial charge in [0.1, 0.15) is 6.33 Å². The molecule has 5 nitrogen and oxygen atoms in total. The number of carbonyl (C=O) groups excluding carboxylic acids is 1. The van der Waals surface area contributed by atoms with Gasteiger partial charge in [-0.3, -0.25) is 9.69 Å². The minimum Gasteiger partial charge on any atom is -0.338 e. The molecule has 1 saturated carbocycles. The van der Waals surface area contributed by atoms with Crippen molar-refractivity contribution in [1.82, 2.24) is 19.8 Å². The fraction of sp³-hybridized carbons (Fsp3) is 0.667. The number of amides is 1. The Morgan fingerprint density at radius 3 is 2.75 bits per heavy atom. The number of rotatable bonds is 5. The van der Waals surface area contributed by atoms with Crippen LogP contribution in [-0.2, 0) is 11.3 Å². The van der Waals surface area contributed by atoms with Crippen molar-refractivity contribution in [2.45, 2.75) is 51.2 Å². The number of hydrogen-bond acceptors (Lipinski definition) is 4. The van der Waals surface area contributed by atoms with Gasteiger partial charge in [0.2, 0.25) is 5.91 Å². The highest BCUT2D eigenvalue weighted by Gasteiger charge is 2.35. The summed E-state index contributed by atoms with van der Waals surface area (Å²) in [6.45, 7) is 4.58. The molecule has 0 spiro atoms. The van der Waals surface area contributed by atoms with Crippen molar-refractivity contribution >= 4 is 5.91 Å². The second-order valence-corrected chi connectivity index (χ2v) is 5.92. The summed E-state index contributed by atoms with van der Waals surface area (Å²) in [7, 11) is 0. The first-order valence-electron chi connectivity index (χ1n) is 7.49. The zero-order valence-corrected chi connectivity index (χ0v) is 12.0. The first-order valence-corrected chi connectivity index (χ1v) is 7.49. The van der Waals surface area contributed by atoms with Crippen LogP contribution in [-0.4, -0.2) is 50.8 Å². The van der Waals surface area contributed by atoms with E-state index in [1.807, 2.05) is 12.4 Å². The molecule has 5 heteroatoms. The highest BCUT2D eigenvalue weighted by Crippen LogP contribution is 2.29. The summed E-state index contributed by atoms with van der Waals surface area (Å²) in [4.78, 5) is 24.5. The Balaban J connectivity index is 1.61. The summed E-state index contributed by atoms with van der Waals surface area (Å²) in [5, 5.41) is 0. The summed E-state index contributed by atoms with van der Waals surface area (Å²) in [5.74, 6) is 0.224. The second-order valence-electron chi connectivity index (χ2n) is 5.92. The average molecular weight is 274 g/mol. The molecule has 0 aromatic carbocycles. The van der Waals surface area contributed by atoms with Crippen molar-refractivity contribution in [2.24, 2.45) is 0 Å². The molecule has 1 aromatic rings. The van der Waals surface area contributed by atoms with Crippen molar-refractivity contribution in [1.29, 1.82) is 0 Å². The zero-order valence-electron chi connectivity index (χ0n) is 12.0. The van der Waals surface area contributed by atoms with Crippen molar-refractivity contribution in [3.8, 4) is 0 Å². The van der Waals surface area contributed by atoms with Crippen LogP contribution in [0.4, 0.5) is 0 Å². The van der Waals surface area contributed by atoms with Gasteiger partial charge in [-0.1, -0.05) is 0 Å². The third-order valence-corrected chi connectivity index (χ3v) is 4.30. The smallest absolute Gasteiger partial charge is 0.219 e. The van der Waals surface area contributed by atoms with E-state index in [4.69, 9.17) is 0 Å². The Hall–Kier alpha value is -1.49. The van der Waals surface area contributed by atoms with Gasteiger partial charge in [-0.2, -0.15) is 0 Å². The summed E-state index contributed by atoms with van der Waals surface area (Å²) in [6.07, 6.45) is 10.1. The van der Waals surface area contributed by atoms with Crippen molar-refractivity contribution < 1.29 is 4.79 Å². The summed E-state index contributed by atoms with van der Waals surface area (Å²) >= 11 is 0. The van der Waals surface area contributed by atoms with E-state index < -0.39 is 0 Å². The van der Waals surface area contributed by atoms with Crippen LogP contribution >= 0.6 is 0 Å². The van der Waals surface area contributed by atoms with Gasteiger partial charge in [0, 0.05) is 50.1 Å². The third-order valence-electron chi connectivity index (χ3n) is 4.30. The van der Waals surface area contributed by atoms with Crippen LogP contribution in [0.2, 0.25) is 0 Å². The fourth-order valence-electron chi connectivity index (χ4n) is 3.10. The second kappa shape index (κ2) is 5.87. The molecule has 1 amide bonds. The highest BCUT2D eigenvalue weighted by atomic mass is 16.2. The Labute approximate surface area is 120 Å². The fourth-order valence-corrected chi connectivity index (χ4v) is 3.10. The number of aromatic nitrogens is 2. The third kappa shape index (κ3) is 3.15. The lowest BCUT2D eigenvalue weighted by Crippen LogP contribution is -2.43. The molecule has 20 heavy (non-hydrogen) atoms. The van der Waals surface area contributed by atoms with Gasteiger partial charge in [0.05, 0.1) is 0 Å². The van der Waals surface area contributed by atoms with Gasteiger partial charge in [-0.25, -0.2) is 9.97 Å². The minimum atomic E-state index is 0.224. The Kier molecular flexibility index (Phi) is 3.96. The normalized spacial score (nSPS) is 22.9. The molecule has 1 aliphatic heterocycles. The van der Waals surface area contributed by atoms with E-state index in [9.17, 15) is 4.79 Å². The van der Waals surface area contributed by atoms with Crippen LogP contribution in [0.5, 0.6) is 0 Å². The molecule has 1 aromatic heterocycles. The molecule has 2 fully saturated rings. The molecule has 1 atom stereocenters. The van der Waals surface area contributed by atoms with Gasteiger partial charge < -0.3 is 4.90 Å². The molecule has 1 aliphatic carbocycles. The highest BCUT2D eigenvalue weighted by molar-refractivity contribution is 5.74. The molecular formula is C15H22N4O. The van der Waals surface area contributed by atoms with E-state index >= 15 is 0 Å². The molecule has 108 valence electrons. The van der Waals surface area contributed by atoms with E-state index in [1.54, 1.807) is 13.3 Å². The van der Waals surface area contributed by atoms with Gasteiger partial charge in [0.25, 0.3) is 0 Å². The minimum absolute atomic E-state index is 0.224. The Morgan fingerprint density at radius 2 is 2.10 bits per heavy atom. The van der Waals surface area contributed by atoms with E-state index in [-0.39, 0.29) is 5.91 Å². The topological polar surface area (TPSA) is 49.3 Å². The van der Waals surface area contributed by atoms with Crippen LogP contribution in [0.25, 0.3) is 0 Å². The number of likely N-dealkylation sites (tertiary alicyclic amines) is 1. The average Bonchev–Trinajstić information content (AvgIpc) is 3.19. The molecule has 0 unspecified atom stereocenters. The van der Waals surface area contributed by atoms with Gasteiger partial charge in [-0.05, 0) is 32.2 Å². The molecule has 0 N–H and O–H groups in total. The maximum atomic E-state index is 11.8. The lowest BCUT2D eigenvalue weighted by molar-refractivity contribution is -0.130. The van der Waals surface area contributed by atoms with E-state index in [0.29, 0.717) is 12.1 Å². The summed E-state index contributed by atoms with van der Waals surface area (Å²) < 4.78 is 0. The zero-order chi connectivity index (χ0) is 13.9. The molecule has 0 radical (unpaired) electrons. The molecule has 2 aliphatic rings. The molecule has 3 rings (SSSR count). The number of nitrogens with zero attached hydrogens (tertiary/aromatic N) is 4. The van der Waals surface area contributed by atoms with Gasteiger partial charge >= 0.3 is 0 Å².